The first-order valence-corrected chi connectivity index (χ1v) is 9.70. The molecule has 0 bridgehead atoms. The molecule has 2 aromatic carbocycles. The van der Waals surface area contributed by atoms with E-state index < -0.39 is 11.6 Å². The number of hydrogen-bond donors (Lipinski definition) is 0. The second kappa shape index (κ2) is 9.69. The first kappa shape index (κ1) is 20.3. The molecule has 1 saturated heterocycles. The van der Waals surface area contributed by atoms with Crippen LogP contribution in [0.5, 0.6) is 11.5 Å². The van der Waals surface area contributed by atoms with Crippen LogP contribution in [-0.4, -0.2) is 19.8 Å². The van der Waals surface area contributed by atoms with Crippen LogP contribution in [0.1, 0.15) is 43.4 Å². The summed E-state index contributed by atoms with van der Waals surface area (Å²) in [5.74, 6) is -2.05. The Balaban J connectivity index is 1.51. The quantitative estimate of drug-likeness (QED) is 0.560. The zero-order valence-corrected chi connectivity index (χ0v) is 16.1. The molecule has 150 valence electrons. The van der Waals surface area contributed by atoms with Crippen molar-refractivity contribution < 1.29 is 23.0 Å². The molecular formula is C23H26F2O3. The van der Waals surface area contributed by atoms with Crippen LogP contribution in [0, 0.1) is 17.6 Å². The Labute approximate surface area is 164 Å². The molecule has 5 heteroatoms. The van der Waals surface area contributed by atoms with Gasteiger partial charge in [-0.3, -0.25) is 0 Å². The fraction of sp³-hybridized carbons (Fsp3) is 0.391. The van der Waals surface area contributed by atoms with E-state index in [1.807, 2.05) is 25.1 Å². The molecule has 0 aromatic heterocycles. The maximum absolute atomic E-state index is 14.2. The molecule has 1 aliphatic rings. The second-order valence-corrected chi connectivity index (χ2v) is 6.99. The lowest BCUT2D eigenvalue weighted by molar-refractivity contribution is -0.0289. The normalized spacial score (nSPS) is 19.2. The van der Waals surface area contributed by atoms with Gasteiger partial charge < -0.3 is 14.2 Å². The van der Waals surface area contributed by atoms with E-state index in [-0.39, 0.29) is 30.1 Å². The Bertz CT molecular complexity index is 781. The van der Waals surface area contributed by atoms with Crippen molar-refractivity contribution in [1.82, 2.24) is 0 Å². The zero-order valence-electron chi connectivity index (χ0n) is 16.1. The molecule has 0 N–H and O–H groups in total. The van der Waals surface area contributed by atoms with Crippen LogP contribution < -0.4 is 9.47 Å². The molecule has 1 aliphatic heterocycles. The van der Waals surface area contributed by atoms with E-state index >= 15 is 0 Å². The summed E-state index contributed by atoms with van der Waals surface area (Å²) in [6, 6.07) is 11.0. The van der Waals surface area contributed by atoms with Crippen LogP contribution >= 0.6 is 0 Å². The topological polar surface area (TPSA) is 27.7 Å². The smallest absolute Gasteiger partial charge is 0.204 e. The highest BCUT2D eigenvalue weighted by Gasteiger charge is 2.24. The third-order valence-corrected chi connectivity index (χ3v) is 4.86. The van der Waals surface area contributed by atoms with E-state index in [0.29, 0.717) is 13.2 Å². The summed E-state index contributed by atoms with van der Waals surface area (Å²) in [6.07, 6.45) is 4.35. The monoisotopic (exact) mass is 388 g/mol. The highest BCUT2D eigenvalue weighted by atomic mass is 19.2. The van der Waals surface area contributed by atoms with Crippen LogP contribution in [0.3, 0.4) is 0 Å². The Morgan fingerprint density at radius 3 is 2.29 bits per heavy atom. The molecule has 0 aliphatic carbocycles. The molecule has 2 aromatic rings. The number of benzene rings is 2. The molecule has 0 saturated carbocycles. The fourth-order valence-electron chi connectivity index (χ4n) is 3.20. The third kappa shape index (κ3) is 4.90. The molecule has 2 unspecified atom stereocenters. The highest BCUT2D eigenvalue weighted by molar-refractivity contribution is 5.47. The zero-order chi connectivity index (χ0) is 19.9. The van der Waals surface area contributed by atoms with Gasteiger partial charge in [0.15, 0.2) is 11.5 Å². The molecule has 0 radical (unpaired) electrons. The Kier molecular flexibility index (Phi) is 7.04. The van der Waals surface area contributed by atoms with Crippen LogP contribution in [0.15, 0.2) is 43.0 Å². The van der Waals surface area contributed by atoms with Crippen molar-refractivity contribution in [2.45, 2.75) is 32.3 Å². The van der Waals surface area contributed by atoms with E-state index in [2.05, 4.69) is 18.7 Å². The number of ether oxygens (including phenoxy) is 3. The number of rotatable bonds is 8. The maximum atomic E-state index is 14.2. The maximum Gasteiger partial charge on any atom is 0.204 e. The van der Waals surface area contributed by atoms with Gasteiger partial charge in [0.2, 0.25) is 11.6 Å². The van der Waals surface area contributed by atoms with Gasteiger partial charge in [-0.2, -0.15) is 8.78 Å². The van der Waals surface area contributed by atoms with E-state index in [1.165, 1.54) is 12.1 Å². The Morgan fingerprint density at radius 2 is 1.71 bits per heavy atom. The van der Waals surface area contributed by atoms with Crippen LogP contribution in [-0.2, 0) is 4.74 Å². The number of hydrogen-bond acceptors (Lipinski definition) is 3. The lowest BCUT2D eigenvalue weighted by Crippen LogP contribution is -2.25. The standard InChI is InChI=1S/C23H26F2O3/c1-3-13-26-20-11-12-21(23(25)22(20)24)28-15-17-7-10-19(27-14-17)18-8-5-16(4-2)6-9-18/h4-6,8-9,11-12,17,19H,2-3,7,10,13-15H2,1H3. The third-order valence-electron chi connectivity index (χ3n) is 4.86. The van der Waals surface area contributed by atoms with Gasteiger partial charge in [0.05, 0.1) is 25.9 Å². The van der Waals surface area contributed by atoms with Gasteiger partial charge >= 0.3 is 0 Å². The predicted octanol–water partition coefficient (Wildman–Crippen LogP) is 5.94. The van der Waals surface area contributed by atoms with Crippen molar-refractivity contribution >= 4 is 6.08 Å². The fourth-order valence-corrected chi connectivity index (χ4v) is 3.20. The summed E-state index contributed by atoms with van der Waals surface area (Å²) < 4.78 is 44.9. The Hall–Kier alpha value is -2.40. The first-order chi connectivity index (χ1) is 13.6. The summed E-state index contributed by atoms with van der Waals surface area (Å²) >= 11 is 0. The van der Waals surface area contributed by atoms with Crippen molar-refractivity contribution in [2.24, 2.45) is 5.92 Å². The van der Waals surface area contributed by atoms with Crippen molar-refractivity contribution in [3.63, 3.8) is 0 Å². The second-order valence-electron chi connectivity index (χ2n) is 6.99. The van der Waals surface area contributed by atoms with Gasteiger partial charge in [0.25, 0.3) is 0 Å². The molecular weight excluding hydrogens is 362 g/mol. The van der Waals surface area contributed by atoms with Crippen LogP contribution in [0.4, 0.5) is 8.78 Å². The minimum atomic E-state index is -1.01. The van der Waals surface area contributed by atoms with Gasteiger partial charge in [0, 0.05) is 5.92 Å². The molecule has 0 amide bonds. The van der Waals surface area contributed by atoms with Crippen molar-refractivity contribution in [2.75, 3.05) is 19.8 Å². The summed E-state index contributed by atoms with van der Waals surface area (Å²) in [4.78, 5) is 0. The van der Waals surface area contributed by atoms with E-state index in [9.17, 15) is 8.78 Å². The largest absolute Gasteiger partial charge is 0.490 e. The molecule has 28 heavy (non-hydrogen) atoms. The summed E-state index contributed by atoms with van der Waals surface area (Å²) in [5, 5.41) is 0. The van der Waals surface area contributed by atoms with Crippen LogP contribution in [0.25, 0.3) is 6.08 Å². The Morgan fingerprint density at radius 1 is 1.04 bits per heavy atom. The van der Waals surface area contributed by atoms with Gasteiger partial charge in [-0.1, -0.05) is 43.8 Å². The summed E-state index contributed by atoms with van der Waals surface area (Å²) in [6.45, 7) is 6.81. The minimum Gasteiger partial charge on any atom is -0.490 e. The highest BCUT2D eigenvalue weighted by Crippen LogP contribution is 2.32. The lowest BCUT2D eigenvalue weighted by atomic mass is 9.95. The number of halogens is 2. The van der Waals surface area contributed by atoms with Crippen molar-refractivity contribution in [3.8, 4) is 11.5 Å². The summed E-state index contributed by atoms with van der Waals surface area (Å²) in [7, 11) is 0. The van der Waals surface area contributed by atoms with Crippen molar-refractivity contribution in [3.05, 3.63) is 65.7 Å². The molecule has 0 spiro atoms. The van der Waals surface area contributed by atoms with Gasteiger partial charge in [-0.15, -0.1) is 0 Å². The average Bonchev–Trinajstić information content (AvgIpc) is 2.74. The first-order valence-electron chi connectivity index (χ1n) is 9.70. The van der Waals surface area contributed by atoms with Crippen LogP contribution in [0.2, 0.25) is 0 Å². The van der Waals surface area contributed by atoms with E-state index in [0.717, 1.165) is 30.4 Å². The van der Waals surface area contributed by atoms with Crippen molar-refractivity contribution in [1.29, 1.82) is 0 Å². The van der Waals surface area contributed by atoms with E-state index in [1.54, 1.807) is 0 Å². The summed E-state index contributed by atoms with van der Waals surface area (Å²) in [5.41, 5.74) is 2.21. The van der Waals surface area contributed by atoms with Gasteiger partial charge in [-0.05, 0) is 42.5 Å². The average molecular weight is 388 g/mol. The lowest BCUT2D eigenvalue weighted by Gasteiger charge is -2.29. The van der Waals surface area contributed by atoms with Gasteiger partial charge in [0.1, 0.15) is 0 Å². The molecule has 2 atom stereocenters. The SMILES string of the molecule is C=Cc1ccc(C2CCC(COc3ccc(OCCC)c(F)c3F)CO2)cc1. The molecule has 3 rings (SSSR count). The minimum absolute atomic E-state index is 0.0549. The van der Waals surface area contributed by atoms with E-state index in [4.69, 9.17) is 14.2 Å². The molecule has 1 fully saturated rings. The molecule has 3 nitrogen and oxygen atoms in total. The predicted molar refractivity (Wildman–Crippen MR) is 106 cm³/mol. The van der Waals surface area contributed by atoms with Gasteiger partial charge in [-0.25, -0.2) is 0 Å². The molecule has 1 heterocycles.